The summed E-state index contributed by atoms with van der Waals surface area (Å²) in [6.07, 6.45) is 2.85. The largest absolute Gasteiger partial charge is 0.393 e. The molecule has 3 heterocycles. The van der Waals surface area contributed by atoms with Crippen LogP contribution in [-0.2, 0) is 0 Å². The van der Waals surface area contributed by atoms with Gasteiger partial charge in [0.05, 0.1) is 12.1 Å². The Balaban J connectivity index is 1.56. The molecule has 1 amide bonds. The third-order valence-electron chi connectivity index (χ3n) is 4.22. The minimum absolute atomic E-state index is 0.0712. The first-order valence-corrected chi connectivity index (χ1v) is 8.29. The number of aromatic nitrogens is 4. The minimum atomic E-state index is -0.252. The number of hydrogen-bond donors (Lipinski definition) is 2. The number of hydrogen-bond acceptors (Lipinski definition) is 6. The highest BCUT2D eigenvalue weighted by molar-refractivity contribution is 7.10. The van der Waals surface area contributed by atoms with Crippen molar-refractivity contribution >= 4 is 22.9 Å². The normalized spacial score (nSPS) is 21.8. The second-order valence-electron chi connectivity index (χ2n) is 5.75. The topological polar surface area (TPSA) is 92.4 Å². The van der Waals surface area contributed by atoms with Crippen LogP contribution in [-0.4, -0.2) is 37.2 Å². The summed E-state index contributed by atoms with van der Waals surface area (Å²) in [6.45, 7) is 0. The van der Waals surface area contributed by atoms with E-state index in [4.69, 9.17) is 0 Å². The number of aliphatic hydroxyl groups excluding tert-OH is 1. The van der Waals surface area contributed by atoms with Crippen molar-refractivity contribution in [3.05, 3.63) is 46.3 Å². The molecule has 0 spiro atoms. The van der Waals surface area contributed by atoms with E-state index in [0.717, 1.165) is 17.7 Å². The van der Waals surface area contributed by atoms with Crippen molar-refractivity contribution in [2.24, 2.45) is 5.92 Å². The van der Waals surface area contributed by atoms with Gasteiger partial charge in [0.2, 0.25) is 0 Å². The van der Waals surface area contributed by atoms with Crippen LogP contribution in [0.5, 0.6) is 0 Å². The van der Waals surface area contributed by atoms with Crippen molar-refractivity contribution in [3.63, 3.8) is 0 Å². The molecule has 1 atom stereocenters. The van der Waals surface area contributed by atoms with Crippen molar-refractivity contribution in [1.29, 1.82) is 0 Å². The Morgan fingerprint density at radius 1 is 1.43 bits per heavy atom. The molecule has 7 nitrogen and oxygen atoms in total. The number of carbonyl (C=O) groups excluding carboxylic acids is 1. The maximum absolute atomic E-state index is 12.6. The SMILES string of the molecule is O=C(N[C@@H](c1cccs1)C1CC(O)C1)c1ccn2nnnc2c1. The van der Waals surface area contributed by atoms with E-state index in [2.05, 4.69) is 20.8 Å². The van der Waals surface area contributed by atoms with Gasteiger partial charge in [0, 0.05) is 16.6 Å². The summed E-state index contributed by atoms with van der Waals surface area (Å²) in [5.74, 6) is 0.112. The first-order chi connectivity index (χ1) is 11.2. The van der Waals surface area contributed by atoms with Crippen molar-refractivity contribution in [3.8, 4) is 0 Å². The van der Waals surface area contributed by atoms with Crippen LogP contribution in [0, 0.1) is 5.92 Å². The Hall–Kier alpha value is -2.32. The van der Waals surface area contributed by atoms with Gasteiger partial charge in [-0.25, -0.2) is 4.52 Å². The molecule has 8 heteroatoms. The van der Waals surface area contributed by atoms with Crippen molar-refractivity contribution in [2.45, 2.75) is 25.0 Å². The first kappa shape index (κ1) is 14.3. The van der Waals surface area contributed by atoms with E-state index < -0.39 is 0 Å². The number of nitrogens with zero attached hydrogens (tertiary/aromatic N) is 4. The molecule has 1 aliphatic rings. The van der Waals surface area contributed by atoms with Gasteiger partial charge in [-0.2, -0.15) is 0 Å². The first-order valence-electron chi connectivity index (χ1n) is 7.41. The molecule has 23 heavy (non-hydrogen) atoms. The van der Waals surface area contributed by atoms with Crippen molar-refractivity contribution in [2.75, 3.05) is 0 Å². The third-order valence-corrected chi connectivity index (χ3v) is 5.17. The van der Waals surface area contributed by atoms with Crippen LogP contribution in [0.15, 0.2) is 35.8 Å². The standard InChI is InChI=1S/C15H15N5O2S/c21-11-6-10(7-11)14(12-2-1-5-23-12)16-15(22)9-3-4-20-13(8-9)17-18-19-20/h1-5,8,10-11,14,21H,6-7H2,(H,16,22)/t10?,11?,14-/m1/s1. The summed E-state index contributed by atoms with van der Waals surface area (Å²) in [6, 6.07) is 7.28. The Morgan fingerprint density at radius 3 is 3.04 bits per heavy atom. The summed E-state index contributed by atoms with van der Waals surface area (Å²) >= 11 is 1.62. The lowest BCUT2D eigenvalue weighted by Crippen LogP contribution is -2.41. The van der Waals surface area contributed by atoms with Crippen LogP contribution in [0.4, 0.5) is 0 Å². The molecule has 0 bridgehead atoms. The second kappa shape index (κ2) is 5.71. The number of carbonyl (C=O) groups is 1. The maximum atomic E-state index is 12.6. The monoisotopic (exact) mass is 329 g/mol. The Labute approximate surface area is 136 Å². The van der Waals surface area contributed by atoms with E-state index in [0.29, 0.717) is 11.2 Å². The van der Waals surface area contributed by atoms with E-state index in [-0.39, 0.29) is 24.0 Å². The molecule has 0 aliphatic heterocycles. The number of nitrogens with one attached hydrogen (secondary N) is 1. The van der Waals surface area contributed by atoms with Gasteiger partial charge in [-0.05, 0) is 52.8 Å². The molecule has 4 rings (SSSR count). The highest BCUT2D eigenvalue weighted by Crippen LogP contribution is 2.39. The van der Waals surface area contributed by atoms with Gasteiger partial charge in [-0.3, -0.25) is 4.79 Å². The molecule has 3 aromatic heterocycles. The molecule has 0 saturated heterocycles. The number of amides is 1. The van der Waals surface area contributed by atoms with Crippen LogP contribution in [0.2, 0.25) is 0 Å². The third kappa shape index (κ3) is 2.71. The molecule has 0 unspecified atom stereocenters. The Bertz CT molecular complexity index is 825. The Morgan fingerprint density at radius 2 is 2.30 bits per heavy atom. The highest BCUT2D eigenvalue weighted by atomic mass is 32.1. The summed E-state index contributed by atoms with van der Waals surface area (Å²) in [5, 5.41) is 25.9. The smallest absolute Gasteiger partial charge is 0.251 e. The van der Waals surface area contributed by atoms with Gasteiger partial charge in [0.1, 0.15) is 0 Å². The van der Waals surface area contributed by atoms with E-state index in [1.165, 1.54) is 4.52 Å². The van der Waals surface area contributed by atoms with E-state index in [1.54, 1.807) is 29.7 Å². The zero-order valence-corrected chi connectivity index (χ0v) is 13.0. The maximum Gasteiger partial charge on any atom is 0.251 e. The van der Waals surface area contributed by atoms with Crippen LogP contribution < -0.4 is 5.32 Å². The van der Waals surface area contributed by atoms with E-state index in [1.807, 2.05) is 17.5 Å². The lowest BCUT2D eigenvalue weighted by atomic mass is 9.76. The lowest BCUT2D eigenvalue weighted by molar-refractivity contribution is 0.0241. The zero-order valence-electron chi connectivity index (χ0n) is 12.2. The van der Waals surface area contributed by atoms with Crippen LogP contribution in [0.25, 0.3) is 5.65 Å². The summed E-state index contributed by atoms with van der Waals surface area (Å²) in [7, 11) is 0. The molecule has 1 fully saturated rings. The van der Waals surface area contributed by atoms with Crippen LogP contribution >= 0.6 is 11.3 Å². The molecular weight excluding hydrogens is 314 g/mol. The summed E-state index contributed by atoms with van der Waals surface area (Å²) < 4.78 is 1.51. The number of rotatable bonds is 4. The van der Waals surface area contributed by atoms with Gasteiger partial charge < -0.3 is 10.4 Å². The summed E-state index contributed by atoms with van der Waals surface area (Å²) in [5.41, 5.74) is 1.05. The minimum Gasteiger partial charge on any atom is -0.393 e. The average Bonchev–Trinajstić information content (AvgIpc) is 3.19. The van der Waals surface area contributed by atoms with Crippen LogP contribution in [0.3, 0.4) is 0 Å². The quantitative estimate of drug-likeness (QED) is 0.755. The molecule has 118 valence electrons. The van der Waals surface area contributed by atoms with Crippen molar-refractivity contribution in [1.82, 2.24) is 25.4 Å². The van der Waals surface area contributed by atoms with Gasteiger partial charge >= 0.3 is 0 Å². The highest BCUT2D eigenvalue weighted by Gasteiger charge is 2.36. The van der Waals surface area contributed by atoms with Gasteiger partial charge in [-0.15, -0.1) is 16.4 Å². The molecular formula is C15H15N5O2S. The van der Waals surface area contributed by atoms with Gasteiger partial charge in [-0.1, -0.05) is 6.07 Å². The molecule has 2 N–H and O–H groups in total. The number of tetrazole rings is 1. The fraction of sp³-hybridized carbons (Fsp3) is 0.333. The molecule has 1 aliphatic carbocycles. The summed E-state index contributed by atoms with van der Waals surface area (Å²) in [4.78, 5) is 13.7. The van der Waals surface area contributed by atoms with Gasteiger partial charge in [0.25, 0.3) is 5.91 Å². The second-order valence-corrected chi connectivity index (χ2v) is 6.73. The number of pyridine rings is 1. The number of aliphatic hydroxyl groups is 1. The van der Waals surface area contributed by atoms with Crippen LogP contribution in [0.1, 0.15) is 34.1 Å². The number of thiophene rings is 1. The molecule has 3 aromatic rings. The molecule has 1 saturated carbocycles. The fourth-order valence-corrected chi connectivity index (χ4v) is 3.77. The predicted octanol–water partition coefficient (Wildman–Crippen LogP) is 1.43. The molecule has 0 radical (unpaired) electrons. The van der Waals surface area contributed by atoms with E-state index in [9.17, 15) is 9.90 Å². The fourth-order valence-electron chi connectivity index (χ4n) is 2.90. The zero-order chi connectivity index (χ0) is 15.8. The lowest BCUT2D eigenvalue weighted by Gasteiger charge is -2.37. The van der Waals surface area contributed by atoms with Gasteiger partial charge in [0.15, 0.2) is 5.65 Å². The number of fused-ring (bicyclic) bond motifs is 1. The van der Waals surface area contributed by atoms with E-state index >= 15 is 0 Å². The molecule has 0 aromatic carbocycles. The Kier molecular flexibility index (Phi) is 3.55. The van der Waals surface area contributed by atoms with Crippen molar-refractivity contribution < 1.29 is 9.90 Å². The average molecular weight is 329 g/mol. The predicted molar refractivity (Wildman–Crippen MR) is 84.0 cm³/mol.